The summed E-state index contributed by atoms with van der Waals surface area (Å²) in [5.74, 6) is 3.23. The van der Waals surface area contributed by atoms with E-state index in [0.717, 1.165) is 67.8 Å². The zero-order valence-corrected chi connectivity index (χ0v) is 20.8. The van der Waals surface area contributed by atoms with Crippen LogP contribution in [-0.2, 0) is 5.41 Å². The molecule has 184 valence electrons. The maximum Gasteiger partial charge on any atom is 0.132 e. The Morgan fingerprint density at radius 3 is 1.62 bits per heavy atom. The highest BCUT2D eigenvalue weighted by Gasteiger charge is 2.50. The lowest BCUT2D eigenvalue weighted by molar-refractivity contribution is 0.399. The van der Waals surface area contributed by atoms with Crippen molar-refractivity contribution in [2.75, 3.05) is 0 Å². The zero-order chi connectivity index (χ0) is 25.8. The van der Waals surface area contributed by atoms with Crippen LogP contribution in [0.5, 0.6) is 23.0 Å². The highest BCUT2D eigenvalue weighted by Crippen LogP contribution is 2.61. The molecule has 1 atom stereocenters. The van der Waals surface area contributed by atoms with Crippen LogP contribution in [0.15, 0.2) is 128 Å². The average Bonchev–Trinajstić information content (AvgIpc) is 3.01. The van der Waals surface area contributed by atoms with Crippen molar-refractivity contribution in [1.29, 1.82) is 0 Å². The lowest BCUT2D eigenvalue weighted by Gasteiger charge is -2.45. The second-order valence-electron chi connectivity index (χ2n) is 9.67. The molecule has 4 aromatic carbocycles. The minimum Gasteiger partial charge on any atom is -0.457 e. The van der Waals surface area contributed by atoms with Gasteiger partial charge in [0.2, 0.25) is 0 Å². The van der Waals surface area contributed by atoms with Crippen LogP contribution < -0.4 is 9.47 Å². The Morgan fingerprint density at radius 2 is 1.03 bits per heavy atom. The van der Waals surface area contributed by atoms with Crippen molar-refractivity contribution in [3.8, 4) is 45.5 Å². The number of benzene rings is 4. The molecule has 0 saturated heterocycles. The largest absolute Gasteiger partial charge is 0.457 e. The van der Waals surface area contributed by atoms with Crippen LogP contribution >= 0.6 is 0 Å². The number of rotatable bonds is 2. The zero-order valence-electron chi connectivity index (χ0n) is 20.8. The summed E-state index contributed by atoms with van der Waals surface area (Å²) in [5.41, 5.74) is 7.27. The van der Waals surface area contributed by atoms with Crippen molar-refractivity contribution in [2.45, 2.75) is 5.41 Å². The molecule has 0 amide bonds. The Hall–Kier alpha value is -5.29. The van der Waals surface area contributed by atoms with Gasteiger partial charge in [-0.1, -0.05) is 66.7 Å². The quantitative estimate of drug-likeness (QED) is 0.241. The van der Waals surface area contributed by atoms with E-state index in [-0.39, 0.29) is 0 Å². The molecule has 5 heteroatoms. The maximum absolute atomic E-state index is 6.60. The number of hydrogen-bond donors (Lipinski definition) is 0. The summed E-state index contributed by atoms with van der Waals surface area (Å²) in [5, 5.41) is 0. The van der Waals surface area contributed by atoms with Gasteiger partial charge in [-0.3, -0.25) is 15.0 Å². The minimum atomic E-state index is -0.641. The lowest BCUT2D eigenvalue weighted by Crippen LogP contribution is -2.36. The van der Waals surface area contributed by atoms with E-state index in [9.17, 15) is 0 Å². The number of pyridine rings is 1. The number of fused-ring (bicyclic) bond motifs is 8. The van der Waals surface area contributed by atoms with Gasteiger partial charge in [-0.2, -0.15) is 0 Å². The molecule has 1 unspecified atom stereocenters. The van der Waals surface area contributed by atoms with Gasteiger partial charge in [-0.15, -0.1) is 0 Å². The summed E-state index contributed by atoms with van der Waals surface area (Å²) in [6.07, 6.45) is 6.97. The van der Waals surface area contributed by atoms with E-state index in [4.69, 9.17) is 9.47 Å². The fourth-order valence-electron chi connectivity index (χ4n) is 5.97. The Bertz CT molecular complexity index is 1730. The first kappa shape index (κ1) is 21.8. The Kier molecular flexibility index (Phi) is 4.67. The normalized spacial score (nSPS) is 16.2. The SMILES string of the molecule is c1ccc(-c2ccc3c(c2)Oc2ccccc2C32c3ccccc3Oc3cc(-c4cnccn4)ccc32)nc1. The molecule has 5 nitrogen and oxygen atoms in total. The molecule has 2 aliphatic heterocycles. The smallest absolute Gasteiger partial charge is 0.132 e. The van der Waals surface area contributed by atoms with Gasteiger partial charge in [-0.05, 0) is 36.4 Å². The number of hydrogen-bond acceptors (Lipinski definition) is 5. The summed E-state index contributed by atoms with van der Waals surface area (Å²) in [7, 11) is 0. The second-order valence-corrected chi connectivity index (χ2v) is 9.67. The van der Waals surface area contributed by atoms with Crippen molar-refractivity contribution >= 4 is 0 Å². The van der Waals surface area contributed by atoms with Gasteiger partial charge in [0.25, 0.3) is 0 Å². The van der Waals surface area contributed by atoms with Gasteiger partial charge in [-0.25, -0.2) is 0 Å². The van der Waals surface area contributed by atoms with Crippen molar-refractivity contribution < 1.29 is 9.47 Å². The van der Waals surface area contributed by atoms with E-state index in [1.54, 1.807) is 18.6 Å². The van der Waals surface area contributed by atoms with Crippen molar-refractivity contribution in [3.63, 3.8) is 0 Å². The monoisotopic (exact) mass is 503 g/mol. The topological polar surface area (TPSA) is 57.1 Å². The van der Waals surface area contributed by atoms with Crippen LogP contribution in [0.2, 0.25) is 0 Å². The van der Waals surface area contributed by atoms with Crippen LogP contribution in [0.25, 0.3) is 22.5 Å². The molecule has 4 heterocycles. The lowest BCUT2D eigenvalue weighted by atomic mass is 9.62. The molecular weight excluding hydrogens is 482 g/mol. The molecule has 0 saturated carbocycles. The van der Waals surface area contributed by atoms with E-state index in [2.05, 4.69) is 75.6 Å². The molecular formula is C34H21N3O2. The summed E-state index contributed by atoms with van der Waals surface area (Å²) in [4.78, 5) is 13.3. The third-order valence-corrected chi connectivity index (χ3v) is 7.61. The van der Waals surface area contributed by atoms with Crippen molar-refractivity contribution in [2.24, 2.45) is 0 Å². The van der Waals surface area contributed by atoms with E-state index in [0.29, 0.717) is 0 Å². The maximum atomic E-state index is 6.60. The van der Waals surface area contributed by atoms with Crippen LogP contribution in [0.4, 0.5) is 0 Å². The van der Waals surface area contributed by atoms with Gasteiger partial charge in [0.15, 0.2) is 0 Å². The number of para-hydroxylation sites is 2. The summed E-state index contributed by atoms with van der Waals surface area (Å²) >= 11 is 0. The fraction of sp³-hybridized carbons (Fsp3) is 0.0294. The van der Waals surface area contributed by atoms with Crippen LogP contribution in [0, 0.1) is 0 Å². The molecule has 2 aliphatic rings. The Labute approximate surface area is 225 Å². The van der Waals surface area contributed by atoms with Crippen LogP contribution in [-0.4, -0.2) is 15.0 Å². The Balaban J connectivity index is 1.44. The van der Waals surface area contributed by atoms with E-state index < -0.39 is 5.41 Å². The molecule has 1 spiro atoms. The standard InChI is InChI=1S/C34H21N3O2/c1-3-10-30-24(7-1)34(26-14-12-22(19-32(26)38-30)28-9-5-6-16-36-28)25-8-2-4-11-31(25)39-33-20-23(13-15-27(33)34)29-21-35-17-18-37-29/h1-21H. The molecule has 0 radical (unpaired) electrons. The van der Waals surface area contributed by atoms with Crippen molar-refractivity contribution in [3.05, 3.63) is 150 Å². The van der Waals surface area contributed by atoms with Crippen LogP contribution in [0.1, 0.15) is 22.3 Å². The minimum absolute atomic E-state index is 0.641. The molecule has 0 aliphatic carbocycles. The first-order valence-corrected chi connectivity index (χ1v) is 12.8. The molecule has 0 bridgehead atoms. The van der Waals surface area contributed by atoms with Crippen LogP contribution in [0.3, 0.4) is 0 Å². The number of ether oxygens (including phenoxy) is 2. The summed E-state index contributed by atoms with van der Waals surface area (Å²) < 4.78 is 13.2. The average molecular weight is 504 g/mol. The molecule has 2 aromatic heterocycles. The first-order chi connectivity index (χ1) is 19.3. The van der Waals surface area contributed by atoms with Gasteiger partial charge >= 0.3 is 0 Å². The van der Waals surface area contributed by atoms with E-state index in [1.165, 1.54) is 0 Å². The number of nitrogens with zero attached hydrogens (tertiary/aromatic N) is 3. The van der Waals surface area contributed by atoms with Gasteiger partial charge in [0.05, 0.1) is 23.0 Å². The van der Waals surface area contributed by atoms with E-state index in [1.807, 2.05) is 48.7 Å². The highest BCUT2D eigenvalue weighted by atomic mass is 16.5. The van der Waals surface area contributed by atoms with Gasteiger partial charge in [0.1, 0.15) is 23.0 Å². The number of aromatic nitrogens is 3. The predicted octanol–water partition coefficient (Wildman–Crippen LogP) is 7.80. The summed E-state index contributed by atoms with van der Waals surface area (Å²) in [6.45, 7) is 0. The third-order valence-electron chi connectivity index (χ3n) is 7.61. The Morgan fingerprint density at radius 1 is 0.462 bits per heavy atom. The fourth-order valence-corrected chi connectivity index (χ4v) is 5.97. The van der Waals surface area contributed by atoms with Crippen molar-refractivity contribution in [1.82, 2.24) is 15.0 Å². The molecule has 39 heavy (non-hydrogen) atoms. The highest BCUT2D eigenvalue weighted by molar-refractivity contribution is 5.78. The summed E-state index contributed by atoms with van der Waals surface area (Å²) in [6, 6.07) is 35.2. The molecule has 0 fully saturated rings. The van der Waals surface area contributed by atoms with Gasteiger partial charge < -0.3 is 9.47 Å². The third kappa shape index (κ3) is 3.17. The van der Waals surface area contributed by atoms with E-state index >= 15 is 0 Å². The second kappa shape index (κ2) is 8.36. The predicted molar refractivity (Wildman–Crippen MR) is 149 cm³/mol. The first-order valence-electron chi connectivity index (χ1n) is 12.8. The molecule has 6 aromatic rings. The van der Waals surface area contributed by atoms with Gasteiger partial charge in [0, 0.05) is 52.0 Å². The molecule has 8 rings (SSSR count). The molecule has 0 N–H and O–H groups in total.